The minimum Gasteiger partial charge on any atom is -0.481 e. The van der Waals surface area contributed by atoms with Crippen LogP contribution in [0.1, 0.15) is 46.0 Å². The second-order valence-electron chi connectivity index (χ2n) is 12.6. The summed E-state index contributed by atoms with van der Waals surface area (Å²) in [6.07, 6.45) is 5.25. The second-order valence-corrected chi connectivity index (χ2v) is 12.6. The molecule has 0 aliphatic carbocycles. The quantitative estimate of drug-likeness (QED) is 0.157. The van der Waals surface area contributed by atoms with Crippen molar-refractivity contribution in [3.8, 4) is 0 Å². The van der Waals surface area contributed by atoms with E-state index < -0.39 is 97.3 Å². The first-order chi connectivity index (χ1) is 22.3. The third-order valence-electron chi connectivity index (χ3n) is 8.58. The Bertz CT molecular complexity index is 1220. The van der Waals surface area contributed by atoms with Crippen LogP contribution >= 0.6 is 0 Å². The summed E-state index contributed by atoms with van der Waals surface area (Å²) in [5.41, 5.74) is 5.98. The normalized spacial score (nSPS) is 47.2. The fraction of sp³-hybridized carbons (Fsp3) is 0.636. The summed E-state index contributed by atoms with van der Waals surface area (Å²) >= 11 is 0. The predicted molar refractivity (Wildman–Crippen MR) is 165 cm³/mol. The first-order valence-corrected chi connectivity index (χ1v) is 15.9. The molecule has 0 spiro atoms. The predicted octanol–water partition coefficient (Wildman–Crippen LogP) is 0.120. The highest BCUT2D eigenvalue weighted by Crippen LogP contribution is 2.39. The molecular weight excluding hydrogens is 618 g/mol. The van der Waals surface area contributed by atoms with E-state index in [0.29, 0.717) is 6.42 Å². The van der Waals surface area contributed by atoms with Crippen molar-refractivity contribution in [3.05, 3.63) is 60.8 Å². The average Bonchev–Trinajstić information content (AvgIpc) is 3.72. The van der Waals surface area contributed by atoms with E-state index in [1.165, 1.54) is 12.2 Å². The van der Waals surface area contributed by atoms with Crippen LogP contribution in [0.4, 0.5) is 0 Å². The van der Waals surface area contributed by atoms with E-state index in [9.17, 15) is 40.2 Å². The number of ether oxygens (including phenoxy) is 5. The van der Waals surface area contributed by atoms with Gasteiger partial charge in [-0.3, -0.25) is 4.79 Å². The Balaban J connectivity index is 1.58. The number of carboxylic acid groups (broad SMARTS) is 1. The minimum atomic E-state index is -2.10. The van der Waals surface area contributed by atoms with Gasteiger partial charge in [-0.05, 0) is 19.9 Å². The fourth-order valence-electron chi connectivity index (χ4n) is 6.00. The number of epoxide rings is 1. The summed E-state index contributed by atoms with van der Waals surface area (Å²) in [6, 6.07) is -1.08. The number of esters is 1. The first-order valence-electron chi connectivity index (χ1n) is 15.9. The number of hydrogen-bond acceptors (Lipinski definition) is 13. The van der Waals surface area contributed by atoms with Crippen LogP contribution in [0.2, 0.25) is 0 Å². The maximum absolute atomic E-state index is 12.3. The number of hydrogen-bond donors (Lipinski definition) is 7. The van der Waals surface area contributed by atoms with Crippen molar-refractivity contribution in [2.75, 3.05) is 0 Å². The van der Waals surface area contributed by atoms with E-state index in [1.807, 2.05) is 6.08 Å². The van der Waals surface area contributed by atoms with Crippen molar-refractivity contribution in [2.45, 2.75) is 125 Å². The lowest BCUT2D eigenvalue weighted by Crippen LogP contribution is -2.61. The molecular formula is C33H47NO13. The second kappa shape index (κ2) is 16.6. The largest absolute Gasteiger partial charge is 0.481 e. The van der Waals surface area contributed by atoms with Crippen LogP contribution in [0.5, 0.6) is 0 Å². The van der Waals surface area contributed by atoms with Gasteiger partial charge in [0.25, 0.3) is 0 Å². The van der Waals surface area contributed by atoms with Crippen molar-refractivity contribution >= 4 is 11.9 Å². The molecule has 14 nitrogen and oxygen atoms in total. The summed E-state index contributed by atoms with van der Waals surface area (Å²) in [7, 11) is 0. The molecule has 262 valence electrons. The highest BCUT2D eigenvalue weighted by Gasteiger charge is 2.51. The van der Waals surface area contributed by atoms with Gasteiger partial charge in [0.15, 0.2) is 12.1 Å². The molecule has 0 aromatic heterocycles. The number of rotatable bonds is 3. The summed E-state index contributed by atoms with van der Waals surface area (Å²) in [4.78, 5) is 24.4. The third kappa shape index (κ3) is 10.6. The average molecular weight is 666 g/mol. The Morgan fingerprint density at radius 1 is 0.936 bits per heavy atom. The molecule has 4 rings (SSSR count). The Morgan fingerprint density at radius 3 is 2.36 bits per heavy atom. The number of aliphatic hydroxyl groups excluding tert-OH is 4. The van der Waals surface area contributed by atoms with Crippen LogP contribution in [-0.2, 0) is 33.3 Å². The number of cyclic esters (lactones) is 1. The Morgan fingerprint density at radius 2 is 1.64 bits per heavy atom. The molecule has 0 saturated carbocycles. The van der Waals surface area contributed by atoms with Crippen molar-refractivity contribution in [1.29, 1.82) is 0 Å². The molecule has 0 aromatic carbocycles. The van der Waals surface area contributed by atoms with Crippen molar-refractivity contribution in [3.63, 3.8) is 0 Å². The number of carboxylic acids is 1. The standard InChI is InChI=1S/C33H47NO13/c1-18-10-8-6-4-3-5-7-9-11-21(45-32-30(39)28(34)29(38)19(2)44-32)15-25-27(31(40)41)22(36)17-33(42,47-25)16-20(35)14-24-23(46-24)12-13-26(37)43-18/h3-9,11-13,18-25,27-30,32,35-36,38-39,42H,10,14-17,34H2,1-2H3,(H,40,41)/b4-3+,7-5+,8-6-,11-9+,13-12-/t18-,19-,20+,21+,22+,23-,24-,25+,27-,28+,29-,30+,32+,33-/m1/s1. The molecule has 2 bridgehead atoms. The third-order valence-corrected chi connectivity index (χ3v) is 8.58. The van der Waals surface area contributed by atoms with Gasteiger partial charge in [-0.25, -0.2) is 4.79 Å². The van der Waals surface area contributed by atoms with Gasteiger partial charge in [0.2, 0.25) is 0 Å². The van der Waals surface area contributed by atoms with Crippen LogP contribution in [0, 0.1) is 5.92 Å². The van der Waals surface area contributed by atoms with Crippen LogP contribution in [0.25, 0.3) is 0 Å². The number of carbonyl (C=O) groups is 2. The van der Waals surface area contributed by atoms with Crippen molar-refractivity contribution in [2.24, 2.45) is 11.7 Å². The molecule has 47 heavy (non-hydrogen) atoms. The maximum Gasteiger partial charge on any atom is 0.330 e. The zero-order valence-electron chi connectivity index (χ0n) is 26.4. The Kier molecular flexibility index (Phi) is 13.1. The number of carbonyl (C=O) groups excluding carboxylic acids is 1. The van der Waals surface area contributed by atoms with Gasteiger partial charge in [0.1, 0.15) is 24.2 Å². The molecule has 3 saturated heterocycles. The lowest BCUT2D eigenvalue weighted by Gasteiger charge is -2.45. The van der Waals surface area contributed by atoms with E-state index in [-0.39, 0.29) is 25.4 Å². The fourth-order valence-corrected chi connectivity index (χ4v) is 6.00. The van der Waals surface area contributed by atoms with E-state index in [1.54, 1.807) is 56.4 Å². The SMILES string of the molecule is C[C@@H]1C\C=C/C=C/C=C/C=C/[C@H](O[C@@H]2O[C@H](C)[C@@H](O)[C@H](N)[C@@H]2O)C[C@@H]2O[C@](O)(C[C@@H](O)C[C@H]3O[C@@H]3/C=C\C(=O)O1)C[C@H](O)[C@H]2C(=O)O. The monoisotopic (exact) mass is 665 g/mol. The first kappa shape index (κ1) is 37.1. The Hall–Kier alpha value is -2.76. The Labute approximate surface area is 273 Å². The van der Waals surface area contributed by atoms with Crippen LogP contribution in [0.3, 0.4) is 0 Å². The van der Waals surface area contributed by atoms with Crippen LogP contribution < -0.4 is 5.73 Å². The van der Waals surface area contributed by atoms with Crippen LogP contribution in [-0.4, -0.2) is 122 Å². The number of aliphatic carboxylic acids is 1. The molecule has 8 N–H and O–H groups in total. The molecule has 4 heterocycles. The molecule has 0 radical (unpaired) electrons. The lowest BCUT2D eigenvalue weighted by molar-refractivity contribution is -0.308. The molecule has 0 aromatic rings. The lowest BCUT2D eigenvalue weighted by atomic mass is 9.83. The number of allylic oxidation sites excluding steroid dienone is 6. The number of fused-ring (bicyclic) bond motifs is 3. The van der Waals surface area contributed by atoms with Crippen molar-refractivity contribution in [1.82, 2.24) is 0 Å². The van der Waals surface area contributed by atoms with Gasteiger partial charge < -0.3 is 60.1 Å². The van der Waals surface area contributed by atoms with Gasteiger partial charge in [-0.1, -0.05) is 48.6 Å². The molecule has 3 fully saturated rings. The number of aliphatic hydroxyl groups is 5. The van der Waals surface area contributed by atoms with E-state index >= 15 is 0 Å². The van der Waals surface area contributed by atoms with Gasteiger partial charge in [0.05, 0.1) is 48.8 Å². The molecule has 14 atom stereocenters. The van der Waals surface area contributed by atoms with Crippen LogP contribution in [0.15, 0.2) is 60.8 Å². The summed E-state index contributed by atoms with van der Waals surface area (Å²) in [6.45, 7) is 3.34. The number of nitrogens with two attached hydrogens (primary N) is 1. The molecule has 0 amide bonds. The van der Waals surface area contributed by atoms with Gasteiger partial charge in [-0.2, -0.15) is 0 Å². The van der Waals surface area contributed by atoms with Crippen molar-refractivity contribution < 1.29 is 63.9 Å². The summed E-state index contributed by atoms with van der Waals surface area (Å²) in [5, 5.41) is 63.9. The maximum atomic E-state index is 12.3. The topological polar surface area (TPSA) is 231 Å². The minimum absolute atomic E-state index is 0.0789. The highest BCUT2D eigenvalue weighted by molar-refractivity contribution is 5.82. The zero-order chi connectivity index (χ0) is 34.3. The van der Waals surface area contributed by atoms with Gasteiger partial charge in [0, 0.05) is 38.2 Å². The zero-order valence-corrected chi connectivity index (χ0v) is 26.4. The van der Waals surface area contributed by atoms with Gasteiger partial charge in [-0.15, -0.1) is 0 Å². The molecule has 0 unspecified atom stereocenters. The van der Waals surface area contributed by atoms with Gasteiger partial charge >= 0.3 is 11.9 Å². The van der Waals surface area contributed by atoms with E-state index in [4.69, 9.17) is 29.4 Å². The van der Waals surface area contributed by atoms with E-state index in [2.05, 4.69) is 0 Å². The molecule has 4 aliphatic rings. The summed E-state index contributed by atoms with van der Waals surface area (Å²) in [5.74, 6) is -5.45. The highest BCUT2D eigenvalue weighted by atomic mass is 16.7. The summed E-state index contributed by atoms with van der Waals surface area (Å²) < 4.78 is 28.5. The molecule has 4 aliphatic heterocycles. The van der Waals surface area contributed by atoms with E-state index in [0.717, 1.165) is 0 Å². The smallest absolute Gasteiger partial charge is 0.330 e. The molecule has 14 heteroatoms.